The van der Waals surface area contributed by atoms with Gasteiger partial charge >= 0.3 is 6.18 Å². The molecule has 6 nitrogen and oxygen atoms in total. The molecule has 2 saturated heterocycles. The maximum Gasteiger partial charge on any atom is 0.416 e. The van der Waals surface area contributed by atoms with Gasteiger partial charge in [-0.2, -0.15) is 17.5 Å². The Balaban J connectivity index is 1.28. The lowest BCUT2D eigenvalue weighted by molar-refractivity contribution is -0.137. The monoisotopic (exact) mass is 495 g/mol. The zero-order valence-corrected chi connectivity index (χ0v) is 19.5. The molecule has 0 spiro atoms. The van der Waals surface area contributed by atoms with Crippen molar-refractivity contribution in [3.05, 3.63) is 65.7 Å². The molecule has 0 bridgehead atoms. The van der Waals surface area contributed by atoms with Gasteiger partial charge in [-0.25, -0.2) is 8.42 Å². The summed E-state index contributed by atoms with van der Waals surface area (Å²) in [5.74, 6) is -0.390. The third-order valence-electron chi connectivity index (χ3n) is 6.49. The van der Waals surface area contributed by atoms with Crippen LogP contribution in [0.25, 0.3) is 0 Å². The van der Waals surface area contributed by atoms with Gasteiger partial charge in [-0.15, -0.1) is 0 Å². The number of rotatable bonds is 6. The summed E-state index contributed by atoms with van der Waals surface area (Å²) in [7, 11) is -4.06. The number of halogens is 3. The summed E-state index contributed by atoms with van der Waals surface area (Å²) < 4.78 is 65.8. The number of nitrogens with one attached hydrogen (secondary N) is 1. The van der Waals surface area contributed by atoms with Crippen LogP contribution < -0.4 is 5.32 Å². The fourth-order valence-electron chi connectivity index (χ4n) is 4.60. The number of hydrogen-bond acceptors (Lipinski definition) is 4. The fraction of sp³-hybridized carbons (Fsp3) is 0.458. The van der Waals surface area contributed by atoms with E-state index in [-0.39, 0.29) is 35.9 Å². The third kappa shape index (κ3) is 5.79. The molecule has 1 amide bonds. The largest absolute Gasteiger partial charge is 0.416 e. The summed E-state index contributed by atoms with van der Waals surface area (Å²) in [6.07, 6.45) is -3.08. The molecule has 2 aromatic carbocycles. The van der Waals surface area contributed by atoms with Crippen molar-refractivity contribution in [2.45, 2.75) is 42.9 Å². The predicted octanol–water partition coefficient (Wildman–Crippen LogP) is 3.50. The summed E-state index contributed by atoms with van der Waals surface area (Å²) in [6.45, 7) is 2.69. The molecule has 1 unspecified atom stereocenters. The number of carbonyl (C=O) groups is 1. The first kappa shape index (κ1) is 24.7. The lowest BCUT2D eigenvalue weighted by Crippen LogP contribution is -2.45. The summed E-state index contributed by atoms with van der Waals surface area (Å²) in [5.41, 5.74) is 0.226. The molecular weight excluding hydrogens is 467 g/mol. The maximum atomic E-state index is 13.0. The number of likely N-dealkylation sites (tertiary alicyclic amines) is 1. The number of piperidine rings is 1. The third-order valence-corrected chi connectivity index (χ3v) is 8.39. The van der Waals surface area contributed by atoms with Gasteiger partial charge in [-0.05, 0) is 43.0 Å². The molecule has 1 N–H and O–H groups in total. The van der Waals surface area contributed by atoms with Crippen molar-refractivity contribution in [2.75, 3.05) is 26.2 Å². The molecule has 184 valence electrons. The molecule has 2 heterocycles. The van der Waals surface area contributed by atoms with Crippen LogP contribution in [0, 0.1) is 5.92 Å². The predicted molar refractivity (Wildman–Crippen MR) is 121 cm³/mol. The van der Waals surface area contributed by atoms with Gasteiger partial charge in [-0.1, -0.05) is 36.4 Å². The van der Waals surface area contributed by atoms with Crippen molar-refractivity contribution in [2.24, 2.45) is 5.92 Å². The van der Waals surface area contributed by atoms with Gasteiger partial charge in [0.2, 0.25) is 15.9 Å². The first-order valence-electron chi connectivity index (χ1n) is 11.4. The Hall–Kier alpha value is -2.43. The Kier molecular flexibility index (Phi) is 7.30. The zero-order valence-electron chi connectivity index (χ0n) is 18.7. The first-order chi connectivity index (χ1) is 16.1. The van der Waals surface area contributed by atoms with Crippen LogP contribution in [0.3, 0.4) is 0 Å². The number of benzene rings is 2. The van der Waals surface area contributed by atoms with Crippen molar-refractivity contribution in [1.29, 1.82) is 0 Å². The molecule has 2 aromatic rings. The molecule has 0 saturated carbocycles. The van der Waals surface area contributed by atoms with E-state index in [4.69, 9.17) is 0 Å². The minimum Gasteiger partial charge on any atom is -0.352 e. The summed E-state index contributed by atoms with van der Waals surface area (Å²) in [6, 6.07) is 14.0. The van der Waals surface area contributed by atoms with E-state index >= 15 is 0 Å². The quantitative estimate of drug-likeness (QED) is 0.666. The number of amides is 1. The van der Waals surface area contributed by atoms with E-state index in [1.165, 1.54) is 15.9 Å². The maximum absolute atomic E-state index is 13.0. The van der Waals surface area contributed by atoms with Crippen LogP contribution in [-0.4, -0.2) is 55.8 Å². The second kappa shape index (κ2) is 10.1. The van der Waals surface area contributed by atoms with Gasteiger partial charge in [0.15, 0.2) is 0 Å². The van der Waals surface area contributed by atoms with Crippen LogP contribution >= 0.6 is 0 Å². The fourth-order valence-corrected chi connectivity index (χ4v) is 6.11. The minimum absolute atomic E-state index is 0.0584. The van der Waals surface area contributed by atoms with Crippen LogP contribution in [0.5, 0.6) is 0 Å². The molecule has 0 aliphatic carbocycles. The van der Waals surface area contributed by atoms with E-state index < -0.39 is 21.8 Å². The number of nitrogens with zero attached hydrogens (tertiary/aromatic N) is 2. The SMILES string of the molecule is O=C(NC1CCN(Cc2ccccc2)C1)C1CCN(S(=O)(=O)c2cccc(C(F)(F)F)c2)CC1. The second-order valence-electron chi connectivity index (χ2n) is 8.92. The molecule has 10 heteroatoms. The Morgan fingerprint density at radius 2 is 1.68 bits per heavy atom. The lowest BCUT2D eigenvalue weighted by atomic mass is 9.97. The van der Waals surface area contributed by atoms with Gasteiger partial charge in [0.25, 0.3) is 0 Å². The highest BCUT2D eigenvalue weighted by Crippen LogP contribution is 2.32. The second-order valence-corrected chi connectivity index (χ2v) is 10.9. The lowest BCUT2D eigenvalue weighted by Gasteiger charge is -2.31. The molecular formula is C24H28F3N3O3S. The standard InChI is InChI=1S/C24H28F3N3O3S/c25-24(26,27)20-7-4-8-22(15-20)34(32,33)30-13-9-19(10-14-30)23(31)28-21-11-12-29(17-21)16-18-5-2-1-3-6-18/h1-8,15,19,21H,9-14,16-17H2,(H,28,31). The number of carbonyl (C=O) groups excluding carboxylic acids is 1. The van der Waals surface area contributed by atoms with Crippen molar-refractivity contribution in [1.82, 2.24) is 14.5 Å². The van der Waals surface area contributed by atoms with E-state index in [2.05, 4.69) is 22.3 Å². The highest BCUT2D eigenvalue weighted by molar-refractivity contribution is 7.89. The van der Waals surface area contributed by atoms with E-state index in [1.54, 1.807) is 0 Å². The van der Waals surface area contributed by atoms with Crippen LogP contribution in [0.1, 0.15) is 30.4 Å². The zero-order chi connectivity index (χ0) is 24.3. The molecule has 2 aliphatic heterocycles. The van der Waals surface area contributed by atoms with Crippen molar-refractivity contribution < 1.29 is 26.4 Å². The van der Waals surface area contributed by atoms with Crippen molar-refractivity contribution >= 4 is 15.9 Å². The van der Waals surface area contributed by atoms with Gasteiger partial charge in [-0.3, -0.25) is 9.69 Å². The minimum atomic E-state index is -4.62. The van der Waals surface area contributed by atoms with Gasteiger partial charge in [0, 0.05) is 44.7 Å². The van der Waals surface area contributed by atoms with Crippen LogP contribution in [0.4, 0.5) is 13.2 Å². The van der Waals surface area contributed by atoms with Gasteiger partial charge < -0.3 is 5.32 Å². The summed E-state index contributed by atoms with van der Waals surface area (Å²) in [4.78, 5) is 14.7. The molecule has 0 radical (unpaired) electrons. The van der Waals surface area contributed by atoms with Crippen LogP contribution in [0.2, 0.25) is 0 Å². The summed E-state index contributed by atoms with van der Waals surface area (Å²) >= 11 is 0. The average Bonchev–Trinajstić information content (AvgIpc) is 3.26. The van der Waals surface area contributed by atoms with Gasteiger partial charge in [0.05, 0.1) is 10.5 Å². The van der Waals surface area contributed by atoms with Crippen molar-refractivity contribution in [3.63, 3.8) is 0 Å². The molecule has 1 atom stereocenters. The molecule has 34 heavy (non-hydrogen) atoms. The van der Waals surface area contributed by atoms with E-state index in [0.29, 0.717) is 18.9 Å². The molecule has 0 aromatic heterocycles. The molecule has 2 fully saturated rings. The number of alkyl halides is 3. The first-order valence-corrected chi connectivity index (χ1v) is 12.8. The summed E-state index contributed by atoms with van der Waals surface area (Å²) in [5, 5.41) is 3.10. The topological polar surface area (TPSA) is 69.7 Å². The number of hydrogen-bond donors (Lipinski definition) is 1. The Morgan fingerprint density at radius 3 is 2.35 bits per heavy atom. The van der Waals surface area contributed by atoms with E-state index in [9.17, 15) is 26.4 Å². The Bertz CT molecular complexity index is 1100. The smallest absolute Gasteiger partial charge is 0.352 e. The Labute approximate surface area is 197 Å². The van der Waals surface area contributed by atoms with E-state index in [0.717, 1.165) is 38.2 Å². The van der Waals surface area contributed by atoms with E-state index in [1.807, 2.05) is 18.2 Å². The normalized spacial score (nSPS) is 21.0. The highest BCUT2D eigenvalue weighted by atomic mass is 32.2. The van der Waals surface area contributed by atoms with Gasteiger partial charge in [0.1, 0.15) is 0 Å². The van der Waals surface area contributed by atoms with Crippen molar-refractivity contribution in [3.8, 4) is 0 Å². The average molecular weight is 496 g/mol. The van der Waals surface area contributed by atoms with Crippen LogP contribution in [0.15, 0.2) is 59.5 Å². The highest BCUT2D eigenvalue weighted by Gasteiger charge is 2.36. The number of sulfonamides is 1. The molecule has 2 aliphatic rings. The molecule has 4 rings (SSSR count). The van der Waals surface area contributed by atoms with Crippen LogP contribution in [-0.2, 0) is 27.5 Å². The Morgan fingerprint density at radius 1 is 0.971 bits per heavy atom.